The number of nitrogens with one attached hydrogen (secondary N) is 1. The van der Waals surface area contributed by atoms with Crippen molar-refractivity contribution in [2.24, 2.45) is 0 Å². The minimum absolute atomic E-state index is 0.432. The number of ether oxygens (including phenoxy) is 1. The number of hydrogen-bond donors (Lipinski definition) is 1. The SMILES string of the molecule is COC(=O)[C@H](O[Si](c1ccccc1)(c1ccccc1)c1ccccc1)[C@H](Nc1c(C)cc(C)cc1C)c1ccccc1. The van der Waals surface area contributed by atoms with Crippen LogP contribution in [0.15, 0.2) is 133 Å². The van der Waals surface area contributed by atoms with Gasteiger partial charge in [0.15, 0.2) is 6.10 Å². The Labute approximate surface area is 250 Å². The lowest BCUT2D eigenvalue weighted by Gasteiger charge is -2.39. The predicted molar refractivity (Wildman–Crippen MR) is 174 cm³/mol. The molecule has 0 aromatic heterocycles. The Kier molecular flexibility index (Phi) is 9.01. The van der Waals surface area contributed by atoms with Gasteiger partial charge in [-0.15, -0.1) is 0 Å². The molecule has 4 nitrogen and oxygen atoms in total. The molecule has 1 N–H and O–H groups in total. The van der Waals surface area contributed by atoms with E-state index in [9.17, 15) is 4.79 Å². The molecular formula is C37H37NO3Si. The fourth-order valence-corrected chi connectivity index (χ4v) is 9.85. The van der Waals surface area contributed by atoms with Crippen LogP contribution in [0.25, 0.3) is 0 Å². The molecule has 0 saturated heterocycles. The summed E-state index contributed by atoms with van der Waals surface area (Å²) in [5.74, 6) is -0.432. The lowest BCUT2D eigenvalue weighted by Crippen LogP contribution is -2.71. The zero-order chi connectivity index (χ0) is 29.5. The number of anilines is 1. The Hall–Kier alpha value is -4.45. The summed E-state index contributed by atoms with van der Waals surface area (Å²) >= 11 is 0. The number of carbonyl (C=O) groups is 1. The van der Waals surface area contributed by atoms with E-state index in [0.717, 1.165) is 37.9 Å². The van der Waals surface area contributed by atoms with Crippen molar-refractivity contribution in [3.63, 3.8) is 0 Å². The maximum absolute atomic E-state index is 13.9. The summed E-state index contributed by atoms with van der Waals surface area (Å²) in [5.41, 5.74) is 5.32. The first-order valence-corrected chi connectivity index (χ1v) is 16.2. The molecule has 5 aromatic rings. The number of carbonyl (C=O) groups excluding carboxylic acids is 1. The molecule has 0 bridgehead atoms. The summed E-state index contributed by atoms with van der Waals surface area (Å²) < 4.78 is 12.9. The number of esters is 1. The topological polar surface area (TPSA) is 47.6 Å². The van der Waals surface area contributed by atoms with Crippen LogP contribution in [0.1, 0.15) is 28.3 Å². The van der Waals surface area contributed by atoms with Gasteiger partial charge in [0.05, 0.1) is 13.2 Å². The minimum Gasteiger partial charge on any atom is -0.467 e. The van der Waals surface area contributed by atoms with Gasteiger partial charge < -0.3 is 14.5 Å². The van der Waals surface area contributed by atoms with E-state index in [0.29, 0.717) is 0 Å². The highest BCUT2D eigenvalue weighted by molar-refractivity contribution is 7.07. The Morgan fingerprint density at radius 2 is 1.05 bits per heavy atom. The smallest absolute Gasteiger partial charge is 0.336 e. The van der Waals surface area contributed by atoms with Crippen LogP contribution in [0.5, 0.6) is 0 Å². The highest BCUT2D eigenvalue weighted by Gasteiger charge is 2.47. The van der Waals surface area contributed by atoms with Crippen molar-refractivity contribution >= 4 is 35.5 Å². The van der Waals surface area contributed by atoms with E-state index < -0.39 is 26.4 Å². The van der Waals surface area contributed by atoms with E-state index in [1.165, 1.54) is 12.7 Å². The molecule has 0 aliphatic carbocycles. The van der Waals surface area contributed by atoms with Gasteiger partial charge in [-0.1, -0.05) is 139 Å². The summed E-state index contributed by atoms with van der Waals surface area (Å²) in [6.07, 6.45) is -0.968. The second kappa shape index (κ2) is 13.0. The third-order valence-corrected chi connectivity index (χ3v) is 11.8. The average molecular weight is 572 g/mol. The zero-order valence-corrected chi connectivity index (χ0v) is 25.6. The fraction of sp³-hybridized carbons (Fsp3) is 0.162. The third-order valence-electron chi connectivity index (χ3n) is 7.72. The zero-order valence-electron chi connectivity index (χ0n) is 24.6. The van der Waals surface area contributed by atoms with Crippen LogP contribution in [-0.2, 0) is 14.0 Å². The van der Waals surface area contributed by atoms with Gasteiger partial charge in [0.2, 0.25) is 0 Å². The molecule has 0 heterocycles. The van der Waals surface area contributed by atoms with Crippen LogP contribution in [0.2, 0.25) is 0 Å². The molecule has 5 aromatic carbocycles. The van der Waals surface area contributed by atoms with Gasteiger partial charge in [-0.3, -0.25) is 0 Å². The average Bonchev–Trinajstić information content (AvgIpc) is 3.03. The molecule has 42 heavy (non-hydrogen) atoms. The predicted octanol–water partition coefficient (Wildman–Crippen LogP) is 5.99. The van der Waals surface area contributed by atoms with Crippen molar-refractivity contribution in [1.82, 2.24) is 0 Å². The number of methoxy groups -OCH3 is 1. The molecule has 0 spiro atoms. The second-order valence-corrected chi connectivity index (χ2v) is 14.0. The molecule has 5 rings (SSSR count). The number of benzene rings is 5. The molecule has 5 heteroatoms. The minimum atomic E-state index is -3.26. The monoisotopic (exact) mass is 571 g/mol. The van der Waals surface area contributed by atoms with Crippen molar-refractivity contribution in [3.8, 4) is 0 Å². The highest BCUT2D eigenvalue weighted by atomic mass is 28.4. The van der Waals surface area contributed by atoms with Gasteiger partial charge in [-0.2, -0.15) is 0 Å². The van der Waals surface area contributed by atoms with E-state index in [-0.39, 0.29) is 0 Å². The Balaban J connectivity index is 1.75. The second-order valence-electron chi connectivity index (χ2n) is 10.6. The Bertz CT molecular complexity index is 1490. The van der Waals surface area contributed by atoms with Crippen LogP contribution in [0.4, 0.5) is 5.69 Å². The Morgan fingerprint density at radius 3 is 1.45 bits per heavy atom. The van der Waals surface area contributed by atoms with Crippen LogP contribution in [0.3, 0.4) is 0 Å². The first-order chi connectivity index (χ1) is 20.4. The van der Waals surface area contributed by atoms with E-state index in [2.05, 4.69) is 74.6 Å². The highest BCUT2D eigenvalue weighted by Crippen LogP contribution is 2.32. The van der Waals surface area contributed by atoms with Gasteiger partial charge in [-0.25, -0.2) is 4.79 Å². The van der Waals surface area contributed by atoms with Crippen LogP contribution >= 0.6 is 0 Å². The molecule has 0 radical (unpaired) electrons. The van der Waals surface area contributed by atoms with E-state index in [1.807, 2.05) is 84.9 Å². The van der Waals surface area contributed by atoms with E-state index in [1.54, 1.807) is 0 Å². The molecule has 2 atom stereocenters. The molecular weight excluding hydrogens is 534 g/mol. The van der Waals surface area contributed by atoms with Crippen molar-refractivity contribution in [3.05, 3.63) is 156 Å². The Morgan fingerprint density at radius 1 is 0.643 bits per heavy atom. The van der Waals surface area contributed by atoms with Crippen molar-refractivity contribution in [2.75, 3.05) is 12.4 Å². The third kappa shape index (κ3) is 5.94. The molecule has 0 unspecified atom stereocenters. The summed E-state index contributed by atoms with van der Waals surface area (Å²) in [6, 6.07) is 44.7. The summed E-state index contributed by atoms with van der Waals surface area (Å²) in [4.78, 5) is 13.9. The van der Waals surface area contributed by atoms with Gasteiger partial charge >= 0.3 is 5.97 Å². The van der Waals surface area contributed by atoms with E-state index >= 15 is 0 Å². The lowest BCUT2D eigenvalue weighted by molar-refractivity contribution is -0.149. The molecule has 0 aliphatic heterocycles. The number of rotatable bonds is 10. The molecule has 0 amide bonds. The van der Waals surface area contributed by atoms with Crippen LogP contribution in [0, 0.1) is 20.8 Å². The van der Waals surface area contributed by atoms with Crippen molar-refractivity contribution in [2.45, 2.75) is 32.9 Å². The molecule has 212 valence electrons. The normalized spacial score (nSPS) is 12.8. The molecule has 0 saturated carbocycles. The standard InChI is InChI=1S/C37H37NO3Si/c1-27-25-28(2)34(29(3)26-27)38-35(30-17-9-5-10-18-30)36(37(39)40-4)41-42(31-19-11-6-12-20-31,32-21-13-7-14-22-32)33-23-15-8-16-24-33/h5-26,35-36,38H,1-4H3/t35-,36-/m1/s1. The largest absolute Gasteiger partial charge is 0.467 e. The summed E-state index contributed by atoms with van der Waals surface area (Å²) in [6.45, 7) is 6.28. The molecule has 0 fully saturated rings. The first-order valence-electron chi connectivity index (χ1n) is 14.3. The maximum Gasteiger partial charge on any atom is 0.336 e. The number of hydrogen-bond acceptors (Lipinski definition) is 4. The van der Waals surface area contributed by atoms with Crippen LogP contribution < -0.4 is 20.9 Å². The summed E-state index contributed by atoms with van der Waals surface area (Å²) in [5, 5.41) is 6.89. The van der Waals surface area contributed by atoms with Crippen molar-refractivity contribution in [1.29, 1.82) is 0 Å². The number of aryl methyl sites for hydroxylation is 3. The van der Waals surface area contributed by atoms with Gasteiger partial charge in [0.25, 0.3) is 8.32 Å². The van der Waals surface area contributed by atoms with Crippen molar-refractivity contribution < 1.29 is 14.0 Å². The lowest BCUT2D eigenvalue weighted by atomic mass is 9.98. The van der Waals surface area contributed by atoms with Gasteiger partial charge in [0, 0.05) is 5.69 Å². The van der Waals surface area contributed by atoms with E-state index in [4.69, 9.17) is 9.16 Å². The molecule has 0 aliphatic rings. The van der Waals surface area contributed by atoms with Gasteiger partial charge in [0.1, 0.15) is 0 Å². The quantitative estimate of drug-likeness (QED) is 0.127. The maximum atomic E-state index is 13.9. The first kappa shape index (κ1) is 29.1. The fourth-order valence-electron chi connectivity index (χ4n) is 5.84. The van der Waals surface area contributed by atoms with Gasteiger partial charge in [-0.05, 0) is 53.0 Å². The van der Waals surface area contributed by atoms with Crippen LogP contribution in [-0.4, -0.2) is 27.5 Å². The summed E-state index contributed by atoms with van der Waals surface area (Å²) in [7, 11) is -1.83.